The summed E-state index contributed by atoms with van der Waals surface area (Å²) in [5, 5.41) is 7.40. The molecule has 1 N–H and O–H groups in total. The third-order valence-corrected chi connectivity index (χ3v) is 4.38. The average Bonchev–Trinajstić information content (AvgIpc) is 3.19. The number of hydrogen-bond acceptors (Lipinski definition) is 3. The Balaban J connectivity index is 1.68. The van der Waals surface area contributed by atoms with Crippen LogP contribution in [0.1, 0.15) is 21.7 Å². The standard InChI is InChI=1S/C23H20N4O/c1-17-9-8-14-20(15-17)27-22(19-12-6-3-7-13-19)25-21(26-27)23(28)24-16-18-10-4-2-5-11-18/h2-15H,16H2,1H3,(H,24,28). The maximum atomic E-state index is 12.7. The zero-order chi connectivity index (χ0) is 19.3. The molecule has 4 aromatic rings. The minimum absolute atomic E-state index is 0.149. The number of benzene rings is 3. The molecule has 0 aliphatic rings. The Kier molecular flexibility index (Phi) is 4.97. The van der Waals surface area contributed by atoms with Crippen molar-refractivity contribution in [1.29, 1.82) is 0 Å². The van der Waals surface area contributed by atoms with E-state index in [0.717, 1.165) is 22.4 Å². The topological polar surface area (TPSA) is 59.8 Å². The van der Waals surface area contributed by atoms with Crippen molar-refractivity contribution in [2.45, 2.75) is 13.5 Å². The van der Waals surface area contributed by atoms with Crippen molar-refractivity contribution >= 4 is 5.91 Å². The van der Waals surface area contributed by atoms with Gasteiger partial charge in [0.1, 0.15) is 0 Å². The minimum atomic E-state index is -0.299. The smallest absolute Gasteiger partial charge is 0.291 e. The summed E-state index contributed by atoms with van der Waals surface area (Å²) in [4.78, 5) is 17.2. The van der Waals surface area contributed by atoms with Crippen LogP contribution in [0, 0.1) is 6.92 Å². The molecule has 138 valence electrons. The highest BCUT2D eigenvalue weighted by Crippen LogP contribution is 2.21. The van der Waals surface area contributed by atoms with Crippen LogP contribution in [-0.4, -0.2) is 20.7 Å². The highest BCUT2D eigenvalue weighted by Gasteiger charge is 2.18. The van der Waals surface area contributed by atoms with E-state index < -0.39 is 0 Å². The van der Waals surface area contributed by atoms with Gasteiger partial charge in [0.2, 0.25) is 5.82 Å². The molecule has 28 heavy (non-hydrogen) atoms. The second-order valence-electron chi connectivity index (χ2n) is 6.54. The summed E-state index contributed by atoms with van der Waals surface area (Å²) < 4.78 is 1.72. The molecule has 1 amide bonds. The molecule has 0 aliphatic heterocycles. The van der Waals surface area contributed by atoms with Crippen LogP contribution in [0.5, 0.6) is 0 Å². The lowest BCUT2D eigenvalue weighted by molar-refractivity contribution is 0.0940. The molecule has 0 radical (unpaired) electrons. The number of carbonyl (C=O) groups is 1. The summed E-state index contributed by atoms with van der Waals surface area (Å²) in [5.41, 5.74) is 3.91. The van der Waals surface area contributed by atoms with E-state index in [1.807, 2.05) is 91.9 Å². The first-order valence-electron chi connectivity index (χ1n) is 9.12. The van der Waals surface area contributed by atoms with Gasteiger partial charge in [-0.15, -0.1) is 5.10 Å². The Morgan fingerprint density at radius 1 is 0.929 bits per heavy atom. The third kappa shape index (κ3) is 3.83. The number of carbonyl (C=O) groups excluding carboxylic acids is 1. The normalized spacial score (nSPS) is 10.6. The molecule has 0 unspecified atom stereocenters. The molecule has 5 nitrogen and oxygen atoms in total. The van der Waals surface area contributed by atoms with Gasteiger partial charge in [-0.25, -0.2) is 9.67 Å². The quantitative estimate of drug-likeness (QED) is 0.575. The maximum Gasteiger partial charge on any atom is 0.291 e. The molecule has 0 saturated heterocycles. The fourth-order valence-corrected chi connectivity index (χ4v) is 2.98. The van der Waals surface area contributed by atoms with E-state index in [0.29, 0.717) is 12.4 Å². The lowest BCUT2D eigenvalue weighted by atomic mass is 10.2. The second-order valence-corrected chi connectivity index (χ2v) is 6.54. The molecular formula is C23H20N4O. The molecule has 0 bridgehead atoms. The molecule has 5 heteroatoms. The highest BCUT2D eigenvalue weighted by atomic mass is 16.2. The Labute approximate surface area is 163 Å². The lowest BCUT2D eigenvalue weighted by Gasteiger charge is -2.06. The van der Waals surface area contributed by atoms with Gasteiger partial charge in [0.15, 0.2) is 5.82 Å². The van der Waals surface area contributed by atoms with Gasteiger partial charge >= 0.3 is 0 Å². The first-order valence-corrected chi connectivity index (χ1v) is 9.12. The third-order valence-electron chi connectivity index (χ3n) is 4.38. The fourth-order valence-electron chi connectivity index (χ4n) is 2.98. The van der Waals surface area contributed by atoms with Crippen LogP contribution in [0.15, 0.2) is 84.9 Å². The van der Waals surface area contributed by atoms with E-state index in [1.54, 1.807) is 4.68 Å². The van der Waals surface area contributed by atoms with Crippen LogP contribution in [0.4, 0.5) is 0 Å². The summed E-state index contributed by atoms with van der Waals surface area (Å²) in [5.74, 6) is 0.486. The van der Waals surface area contributed by atoms with Gasteiger partial charge in [-0.05, 0) is 30.2 Å². The number of hydrogen-bond donors (Lipinski definition) is 1. The molecule has 0 fully saturated rings. The first kappa shape index (κ1) is 17.7. The zero-order valence-electron chi connectivity index (χ0n) is 15.5. The van der Waals surface area contributed by atoms with Gasteiger partial charge < -0.3 is 5.32 Å². The molecule has 0 aliphatic carbocycles. The molecule has 3 aromatic carbocycles. The van der Waals surface area contributed by atoms with E-state index in [-0.39, 0.29) is 11.7 Å². The molecule has 1 aromatic heterocycles. The summed E-state index contributed by atoms with van der Waals surface area (Å²) in [6, 6.07) is 27.5. The second kappa shape index (κ2) is 7.88. The average molecular weight is 368 g/mol. The van der Waals surface area contributed by atoms with Crippen molar-refractivity contribution in [3.05, 3.63) is 102 Å². The SMILES string of the molecule is Cc1cccc(-n2nc(C(=O)NCc3ccccc3)nc2-c2ccccc2)c1. The highest BCUT2D eigenvalue weighted by molar-refractivity contribution is 5.91. The Bertz CT molecular complexity index is 1090. The van der Waals surface area contributed by atoms with E-state index >= 15 is 0 Å². The fraction of sp³-hybridized carbons (Fsp3) is 0.0870. The van der Waals surface area contributed by atoms with Crippen molar-refractivity contribution in [3.63, 3.8) is 0 Å². The van der Waals surface area contributed by atoms with Crippen molar-refractivity contribution < 1.29 is 4.79 Å². The van der Waals surface area contributed by atoms with Gasteiger partial charge in [-0.3, -0.25) is 4.79 Å². The van der Waals surface area contributed by atoms with Crippen LogP contribution in [0.2, 0.25) is 0 Å². The number of aromatic nitrogens is 3. The van der Waals surface area contributed by atoms with Gasteiger partial charge in [0, 0.05) is 12.1 Å². The Hall–Kier alpha value is -3.73. The van der Waals surface area contributed by atoms with Gasteiger partial charge in [0.05, 0.1) is 5.69 Å². The predicted octanol–water partition coefficient (Wildman–Crippen LogP) is 4.17. The van der Waals surface area contributed by atoms with Crippen molar-refractivity contribution in [2.75, 3.05) is 0 Å². The van der Waals surface area contributed by atoms with Crippen LogP contribution < -0.4 is 5.32 Å². The summed E-state index contributed by atoms with van der Waals surface area (Å²) in [6.07, 6.45) is 0. The van der Waals surface area contributed by atoms with Gasteiger partial charge in [-0.2, -0.15) is 0 Å². The molecule has 4 rings (SSSR count). The Morgan fingerprint density at radius 3 is 2.36 bits per heavy atom. The molecular weight excluding hydrogens is 348 g/mol. The first-order chi connectivity index (χ1) is 13.7. The van der Waals surface area contributed by atoms with Crippen LogP contribution in [0.25, 0.3) is 17.1 Å². The van der Waals surface area contributed by atoms with E-state index in [1.165, 1.54) is 0 Å². The van der Waals surface area contributed by atoms with Gasteiger partial charge in [0.25, 0.3) is 5.91 Å². The van der Waals surface area contributed by atoms with Crippen LogP contribution >= 0.6 is 0 Å². The van der Waals surface area contributed by atoms with Crippen LogP contribution in [0.3, 0.4) is 0 Å². The molecule has 0 saturated carbocycles. The Morgan fingerprint density at radius 2 is 1.64 bits per heavy atom. The summed E-state index contributed by atoms with van der Waals surface area (Å²) in [7, 11) is 0. The minimum Gasteiger partial charge on any atom is -0.345 e. The number of amides is 1. The predicted molar refractivity (Wildman–Crippen MR) is 109 cm³/mol. The van der Waals surface area contributed by atoms with Crippen molar-refractivity contribution in [2.24, 2.45) is 0 Å². The number of aryl methyl sites for hydroxylation is 1. The number of nitrogens with one attached hydrogen (secondary N) is 1. The van der Waals surface area contributed by atoms with Crippen molar-refractivity contribution in [1.82, 2.24) is 20.1 Å². The summed E-state index contributed by atoms with van der Waals surface area (Å²) >= 11 is 0. The molecule has 1 heterocycles. The zero-order valence-corrected chi connectivity index (χ0v) is 15.5. The number of rotatable bonds is 5. The maximum absolute atomic E-state index is 12.7. The number of nitrogens with zero attached hydrogens (tertiary/aromatic N) is 3. The van der Waals surface area contributed by atoms with E-state index in [9.17, 15) is 4.79 Å². The largest absolute Gasteiger partial charge is 0.345 e. The van der Waals surface area contributed by atoms with E-state index in [2.05, 4.69) is 15.4 Å². The molecule has 0 spiro atoms. The monoisotopic (exact) mass is 368 g/mol. The molecule has 0 atom stereocenters. The van der Waals surface area contributed by atoms with E-state index in [4.69, 9.17) is 0 Å². The lowest BCUT2D eigenvalue weighted by Crippen LogP contribution is -2.24. The summed E-state index contributed by atoms with van der Waals surface area (Å²) in [6.45, 7) is 2.45. The van der Waals surface area contributed by atoms with Crippen molar-refractivity contribution in [3.8, 4) is 17.1 Å². The van der Waals surface area contributed by atoms with Crippen LogP contribution in [-0.2, 0) is 6.54 Å². The van der Waals surface area contributed by atoms with Gasteiger partial charge in [-0.1, -0.05) is 72.8 Å².